The zero-order chi connectivity index (χ0) is 20.8. The van der Waals surface area contributed by atoms with Gasteiger partial charge in [0.15, 0.2) is 6.61 Å². The van der Waals surface area contributed by atoms with Crippen LogP contribution in [0.2, 0.25) is 0 Å². The Morgan fingerprint density at radius 3 is 2.40 bits per heavy atom. The highest BCUT2D eigenvalue weighted by molar-refractivity contribution is 6.04. The maximum absolute atomic E-state index is 12.3. The van der Waals surface area contributed by atoms with Gasteiger partial charge >= 0.3 is 0 Å². The molecule has 30 heavy (non-hydrogen) atoms. The number of carbonyl (C=O) groups excluding carboxylic acids is 1. The van der Waals surface area contributed by atoms with Crippen LogP contribution in [0.25, 0.3) is 11.5 Å². The number of aromatic nitrogens is 2. The third-order valence-electron chi connectivity index (χ3n) is 4.24. The summed E-state index contributed by atoms with van der Waals surface area (Å²) in [5.41, 5.74) is 2.45. The summed E-state index contributed by atoms with van der Waals surface area (Å²) in [5, 5.41) is 19.6. The van der Waals surface area contributed by atoms with E-state index >= 15 is 0 Å². The van der Waals surface area contributed by atoms with E-state index in [1.54, 1.807) is 48.5 Å². The molecule has 0 aliphatic rings. The van der Waals surface area contributed by atoms with Crippen molar-refractivity contribution < 1.29 is 13.9 Å². The third kappa shape index (κ3) is 4.51. The number of rotatable bonds is 6. The quantitative estimate of drug-likeness (QED) is 0.517. The fourth-order valence-electron chi connectivity index (χ4n) is 2.69. The van der Waals surface area contributed by atoms with Crippen molar-refractivity contribution in [1.29, 1.82) is 5.26 Å². The molecule has 0 bridgehead atoms. The van der Waals surface area contributed by atoms with E-state index in [9.17, 15) is 4.79 Å². The molecule has 0 atom stereocenters. The number of hydrogen-bond donors (Lipinski definition) is 1. The molecule has 0 fully saturated rings. The molecule has 0 radical (unpaired) electrons. The second-order valence-electron chi connectivity index (χ2n) is 6.32. The summed E-state index contributed by atoms with van der Waals surface area (Å²) in [7, 11) is 0. The molecule has 7 heteroatoms. The number of benzene rings is 3. The van der Waals surface area contributed by atoms with E-state index in [1.165, 1.54) is 0 Å². The normalized spacial score (nSPS) is 10.2. The zero-order valence-corrected chi connectivity index (χ0v) is 15.8. The molecule has 1 N–H and O–H groups in total. The number of nitriles is 1. The lowest BCUT2D eigenvalue weighted by Crippen LogP contribution is -2.11. The van der Waals surface area contributed by atoms with Gasteiger partial charge in [-0.15, -0.1) is 10.2 Å². The van der Waals surface area contributed by atoms with Gasteiger partial charge in [0.25, 0.3) is 11.8 Å². The molecule has 4 rings (SSSR count). The first-order valence-electron chi connectivity index (χ1n) is 9.13. The Morgan fingerprint density at radius 1 is 0.967 bits per heavy atom. The molecular formula is C23H16N4O3. The standard InChI is InChI=1S/C23H16N4O3/c24-14-16-6-8-17(9-7-16)22(28)25-19-10-12-20(13-11-19)29-15-21-26-27-23(30-21)18-4-2-1-3-5-18/h1-13H,15H2,(H,25,28). The van der Waals surface area contributed by atoms with E-state index < -0.39 is 0 Å². The maximum atomic E-state index is 12.3. The number of ether oxygens (including phenoxy) is 1. The molecule has 146 valence electrons. The SMILES string of the molecule is N#Cc1ccc(C(=O)Nc2ccc(OCc3nnc(-c4ccccc4)o3)cc2)cc1. The Kier molecular flexibility index (Phi) is 5.49. The maximum Gasteiger partial charge on any atom is 0.255 e. The lowest BCUT2D eigenvalue weighted by atomic mass is 10.1. The Bertz CT molecular complexity index is 1180. The van der Waals surface area contributed by atoms with E-state index in [2.05, 4.69) is 15.5 Å². The number of nitrogens with zero attached hydrogens (tertiary/aromatic N) is 3. The summed E-state index contributed by atoms with van der Waals surface area (Å²) in [6.07, 6.45) is 0. The molecule has 1 heterocycles. The molecule has 4 aromatic rings. The topological polar surface area (TPSA) is 101 Å². The van der Waals surface area contributed by atoms with E-state index in [1.807, 2.05) is 36.4 Å². The predicted molar refractivity (Wildman–Crippen MR) is 110 cm³/mol. The highest BCUT2D eigenvalue weighted by Crippen LogP contribution is 2.20. The summed E-state index contributed by atoms with van der Waals surface area (Å²) in [5.74, 6) is 1.15. The smallest absolute Gasteiger partial charge is 0.255 e. The summed E-state index contributed by atoms with van der Waals surface area (Å²) >= 11 is 0. The summed E-state index contributed by atoms with van der Waals surface area (Å²) < 4.78 is 11.3. The minimum Gasteiger partial charge on any atom is -0.484 e. The zero-order valence-electron chi connectivity index (χ0n) is 15.8. The summed E-state index contributed by atoms with van der Waals surface area (Å²) in [4.78, 5) is 12.3. The van der Waals surface area contributed by atoms with E-state index in [0.717, 1.165) is 5.56 Å². The first-order chi connectivity index (χ1) is 14.7. The van der Waals surface area contributed by atoms with Gasteiger partial charge in [-0.05, 0) is 60.7 Å². The molecule has 0 aliphatic carbocycles. The molecule has 1 amide bonds. The van der Waals surface area contributed by atoms with Gasteiger partial charge in [0.05, 0.1) is 11.6 Å². The second kappa shape index (κ2) is 8.71. The van der Waals surface area contributed by atoms with Gasteiger partial charge in [0, 0.05) is 16.8 Å². The fourth-order valence-corrected chi connectivity index (χ4v) is 2.69. The first-order valence-corrected chi connectivity index (χ1v) is 9.13. The highest BCUT2D eigenvalue weighted by Gasteiger charge is 2.09. The van der Waals surface area contributed by atoms with Crippen LogP contribution in [-0.4, -0.2) is 16.1 Å². The summed E-state index contributed by atoms with van der Waals surface area (Å²) in [6.45, 7) is 0.136. The van der Waals surface area contributed by atoms with Gasteiger partial charge in [-0.2, -0.15) is 5.26 Å². The Balaban J connectivity index is 1.33. The molecule has 3 aromatic carbocycles. The van der Waals surface area contributed by atoms with Crippen molar-refractivity contribution >= 4 is 11.6 Å². The molecule has 0 aliphatic heterocycles. The van der Waals surface area contributed by atoms with Crippen LogP contribution in [0.1, 0.15) is 21.8 Å². The van der Waals surface area contributed by atoms with Gasteiger partial charge in [0.1, 0.15) is 5.75 Å². The number of hydrogen-bond acceptors (Lipinski definition) is 6. The Labute approximate surface area is 172 Å². The molecule has 0 unspecified atom stereocenters. The number of carbonyl (C=O) groups is 1. The predicted octanol–water partition coefficient (Wildman–Crippen LogP) is 4.44. The lowest BCUT2D eigenvalue weighted by Gasteiger charge is -2.07. The number of amides is 1. The summed E-state index contributed by atoms with van der Waals surface area (Å²) in [6, 6.07) is 24.9. The van der Waals surface area contributed by atoms with Crippen molar-refractivity contribution in [2.45, 2.75) is 6.61 Å². The Morgan fingerprint density at radius 2 is 1.70 bits per heavy atom. The van der Waals surface area contributed by atoms with Crippen LogP contribution in [-0.2, 0) is 6.61 Å². The lowest BCUT2D eigenvalue weighted by molar-refractivity contribution is 0.102. The Hall–Kier alpha value is -4.44. The van der Waals surface area contributed by atoms with Crippen LogP contribution in [0, 0.1) is 11.3 Å². The molecule has 0 spiro atoms. The fraction of sp³-hybridized carbons (Fsp3) is 0.0435. The van der Waals surface area contributed by atoms with Crippen molar-refractivity contribution in [3.8, 4) is 23.3 Å². The highest BCUT2D eigenvalue weighted by atomic mass is 16.5. The van der Waals surface area contributed by atoms with Gasteiger partial charge in [0.2, 0.25) is 5.89 Å². The van der Waals surface area contributed by atoms with Gasteiger partial charge < -0.3 is 14.5 Å². The molecule has 1 aromatic heterocycles. The average molecular weight is 396 g/mol. The van der Waals surface area contributed by atoms with Gasteiger partial charge in [-0.3, -0.25) is 4.79 Å². The van der Waals surface area contributed by atoms with E-state index in [4.69, 9.17) is 14.4 Å². The van der Waals surface area contributed by atoms with Crippen LogP contribution in [0.4, 0.5) is 5.69 Å². The molecular weight excluding hydrogens is 380 g/mol. The van der Waals surface area contributed by atoms with Crippen molar-refractivity contribution in [3.05, 3.63) is 95.9 Å². The van der Waals surface area contributed by atoms with E-state index in [-0.39, 0.29) is 12.5 Å². The first kappa shape index (κ1) is 18.9. The third-order valence-corrected chi connectivity index (χ3v) is 4.24. The minimum atomic E-state index is -0.257. The van der Waals surface area contributed by atoms with Crippen LogP contribution in [0.15, 0.2) is 83.3 Å². The van der Waals surface area contributed by atoms with Crippen LogP contribution in [0.3, 0.4) is 0 Å². The minimum absolute atomic E-state index is 0.136. The molecule has 7 nitrogen and oxygen atoms in total. The van der Waals surface area contributed by atoms with Crippen LogP contribution < -0.4 is 10.1 Å². The van der Waals surface area contributed by atoms with Crippen LogP contribution >= 0.6 is 0 Å². The van der Waals surface area contributed by atoms with Crippen molar-refractivity contribution in [1.82, 2.24) is 10.2 Å². The average Bonchev–Trinajstić information content (AvgIpc) is 3.28. The van der Waals surface area contributed by atoms with Gasteiger partial charge in [-0.25, -0.2) is 0 Å². The van der Waals surface area contributed by atoms with E-state index in [0.29, 0.717) is 34.3 Å². The molecule has 0 saturated heterocycles. The monoisotopic (exact) mass is 396 g/mol. The van der Waals surface area contributed by atoms with Crippen molar-refractivity contribution in [3.63, 3.8) is 0 Å². The van der Waals surface area contributed by atoms with Gasteiger partial charge in [-0.1, -0.05) is 18.2 Å². The second-order valence-corrected chi connectivity index (χ2v) is 6.32. The number of nitrogens with one attached hydrogen (secondary N) is 1. The number of anilines is 1. The molecule has 0 saturated carbocycles. The van der Waals surface area contributed by atoms with Crippen LogP contribution in [0.5, 0.6) is 5.75 Å². The van der Waals surface area contributed by atoms with Crippen molar-refractivity contribution in [2.75, 3.05) is 5.32 Å². The largest absolute Gasteiger partial charge is 0.484 e. The van der Waals surface area contributed by atoms with Crippen molar-refractivity contribution in [2.24, 2.45) is 0 Å².